The van der Waals surface area contributed by atoms with Crippen molar-refractivity contribution in [2.24, 2.45) is 17.8 Å². The highest BCUT2D eigenvalue weighted by molar-refractivity contribution is 5.97. The van der Waals surface area contributed by atoms with Crippen LogP contribution in [0.1, 0.15) is 44.6 Å². The minimum absolute atomic E-state index is 0.318. The van der Waals surface area contributed by atoms with Crippen LogP contribution in [0.2, 0.25) is 0 Å². The Morgan fingerprint density at radius 3 is 2.47 bits per heavy atom. The molecule has 3 rings (SSSR count). The number of carbonyl (C=O) groups is 1. The second-order valence-electron chi connectivity index (χ2n) is 6.40. The first-order valence-corrected chi connectivity index (χ1v) is 7.47. The molecule has 0 heterocycles. The lowest BCUT2D eigenvalue weighted by Gasteiger charge is -2.23. The summed E-state index contributed by atoms with van der Waals surface area (Å²) in [6.45, 7) is 4.37. The summed E-state index contributed by atoms with van der Waals surface area (Å²) in [5, 5.41) is 0. The monoisotopic (exact) mass is 257 g/mol. The molecule has 0 bridgehead atoms. The van der Waals surface area contributed by atoms with Crippen molar-refractivity contribution in [3.63, 3.8) is 0 Å². The third kappa shape index (κ3) is 2.07. The van der Waals surface area contributed by atoms with Crippen LogP contribution in [0.15, 0.2) is 24.3 Å². The van der Waals surface area contributed by atoms with E-state index in [-0.39, 0.29) is 0 Å². The normalized spacial score (nSPS) is 28.3. The summed E-state index contributed by atoms with van der Waals surface area (Å²) in [4.78, 5) is 14.5. The Balaban J connectivity index is 1.80. The molecule has 0 aliphatic heterocycles. The fourth-order valence-corrected chi connectivity index (χ4v) is 3.81. The van der Waals surface area contributed by atoms with Gasteiger partial charge in [-0.05, 0) is 42.2 Å². The zero-order valence-electron chi connectivity index (χ0n) is 12.1. The lowest BCUT2D eigenvalue weighted by atomic mass is 10.00. The van der Waals surface area contributed by atoms with Crippen LogP contribution in [0, 0.1) is 17.8 Å². The SMILES string of the molecule is CC(C)c1ccccc1N(C)C(=O)C1[C@H]2CCC[C@H]12. The number of benzene rings is 1. The van der Waals surface area contributed by atoms with Crippen LogP contribution in [0.5, 0.6) is 0 Å². The maximum atomic E-state index is 12.6. The molecule has 1 aromatic carbocycles. The molecule has 2 nitrogen and oxygen atoms in total. The van der Waals surface area contributed by atoms with Crippen LogP contribution >= 0.6 is 0 Å². The molecule has 2 aliphatic carbocycles. The van der Waals surface area contributed by atoms with Crippen molar-refractivity contribution in [3.05, 3.63) is 29.8 Å². The predicted molar refractivity (Wildman–Crippen MR) is 78.3 cm³/mol. The average Bonchev–Trinajstić information content (AvgIpc) is 2.89. The van der Waals surface area contributed by atoms with Gasteiger partial charge in [0.15, 0.2) is 0 Å². The largest absolute Gasteiger partial charge is 0.315 e. The Hall–Kier alpha value is -1.31. The summed E-state index contributed by atoms with van der Waals surface area (Å²) in [5.74, 6) is 2.49. The fourth-order valence-electron chi connectivity index (χ4n) is 3.81. The molecule has 0 radical (unpaired) electrons. The number of carbonyl (C=O) groups excluding carboxylic acids is 1. The Bertz CT molecular complexity index is 484. The van der Waals surface area contributed by atoms with Gasteiger partial charge in [-0.15, -0.1) is 0 Å². The van der Waals surface area contributed by atoms with E-state index in [9.17, 15) is 4.79 Å². The van der Waals surface area contributed by atoms with Gasteiger partial charge in [0.2, 0.25) is 5.91 Å². The smallest absolute Gasteiger partial charge is 0.230 e. The highest BCUT2D eigenvalue weighted by Crippen LogP contribution is 2.58. The van der Waals surface area contributed by atoms with E-state index in [0.717, 1.165) is 5.69 Å². The molecule has 2 saturated carbocycles. The lowest BCUT2D eigenvalue weighted by molar-refractivity contribution is -0.120. The molecule has 0 spiro atoms. The number of para-hydroxylation sites is 1. The highest BCUT2D eigenvalue weighted by atomic mass is 16.2. The van der Waals surface area contributed by atoms with Crippen molar-refractivity contribution in [2.75, 3.05) is 11.9 Å². The van der Waals surface area contributed by atoms with Gasteiger partial charge in [0.1, 0.15) is 0 Å². The van der Waals surface area contributed by atoms with Crippen LogP contribution in [0.4, 0.5) is 5.69 Å². The summed E-state index contributed by atoms with van der Waals surface area (Å²) >= 11 is 0. The van der Waals surface area contributed by atoms with Gasteiger partial charge in [-0.1, -0.05) is 38.5 Å². The van der Waals surface area contributed by atoms with E-state index in [2.05, 4.69) is 32.0 Å². The maximum Gasteiger partial charge on any atom is 0.230 e. The van der Waals surface area contributed by atoms with E-state index < -0.39 is 0 Å². The predicted octanol–water partition coefficient (Wildman–Crippen LogP) is 3.82. The average molecular weight is 257 g/mol. The number of rotatable bonds is 3. The van der Waals surface area contributed by atoms with E-state index >= 15 is 0 Å². The lowest BCUT2D eigenvalue weighted by Crippen LogP contribution is -2.30. The first kappa shape index (κ1) is 12.7. The second-order valence-corrected chi connectivity index (χ2v) is 6.40. The van der Waals surface area contributed by atoms with Gasteiger partial charge in [-0.2, -0.15) is 0 Å². The van der Waals surface area contributed by atoms with Crippen LogP contribution in [0.3, 0.4) is 0 Å². The minimum Gasteiger partial charge on any atom is -0.315 e. The molecule has 0 N–H and O–H groups in total. The molecule has 0 saturated heterocycles. The molecule has 2 heteroatoms. The zero-order chi connectivity index (χ0) is 13.6. The van der Waals surface area contributed by atoms with E-state index in [0.29, 0.717) is 29.6 Å². The Morgan fingerprint density at radius 2 is 1.84 bits per heavy atom. The Morgan fingerprint density at radius 1 is 1.21 bits per heavy atom. The Labute approximate surface area is 115 Å². The Kier molecular flexibility index (Phi) is 3.12. The van der Waals surface area contributed by atoms with E-state index in [1.165, 1.54) is 24.8 Å². The van der Waals surface area contributed by atoms with Gasteiger partial charge in [-0.3, -0.25) is 4.79 Å². The van der Waals surface area contributed by atoms with Gasteiger partial charge >= 0.3 is 0 Å². The molecule has 2 atom stereocenters. The molecule has 1 amide bonds. The van der Waals surface area contributed by atoms with Gasteiger partial charge in [0, 0.05) is 18.7 Å². The van der Waals surface area contributed by atoms with Crippen molar-refractivity contribution in [2.45, 2.75) is 39.0 Å². The zero-order valence-corrected chi connectivity index (χ0v) is 12.1. The number of fused-ring (bicyclic) bond motifs is 1. The van der Waals surface area contributed by atoms with E-state index in [1.807, 2.05) is 18.0 Å². The van der Waals surface area contributed by atoms with Gasteiger partial charge in [0.05, 0.1) is 0 Å². The molecular formula is C17H23NO. The van der Waals surface area contributed by atoms with Crippen LogP contribution in [-0.4, -0.2) is 13.0 Å². The van der Waals surface area contributed by atoms with Crippen molar-refractivity contribution in [1.29, 1.82) is 0 Å². The van der Waals surface area contributed by atoms with Crippen molar-refractivity contribution < 1.29 is 4.79 Å². The molecule has 0 unspecified atom stereocenters. The summed E-state index contributed by atoms with van der Waals surface area (Å²) < 4.78 is 0. The molecule has 102 valence electrons. The second kappa shape index (κ2) is 4.66. The summed E-state index contributed by atoms with van der Waals surface area (Å²) in [7, 11) is 1.94. The van der Waals surface area contributed by atoms with E-state index in [4.69, 9.17) is 0 Å². The van der Waals surface area contributed by atoms with E-state index in [1.54, 1.807) is 0 Å². The van der Waals surface area contributed by atoms with Crippen molar-refractivity contribution >= 4 is 11.6 Å². The first-order valence-electron chi connectivity index (χ1n) is 7.47. The van der Waals surface area contributed by atoms with Crippen LogP contribution < -0.4 is 4.90 Å². The molecule has 2 aliphatic rings. The molecular weight excluding hydrogens is 234 g/mol. The summed E-state index contributed by atoms with van der Waals surface area (Å²) in [6, 6.07) is 8.30. The number of hydrogen-bond donors (Lipinski definition) is 0. The standard InChI is InChI=1S/C17H23NO/c1-11(2)12-7-4-5-10-15(12)18(3)17(19)16-13-8-6-9-14(13)16/h4-5,7,10-11,13-14,16H,6,8-9H2,1-3H3/t13-,14-/m0/s1. The number of nitrogens with zero attached hydrogens (tertiary/aromatic N) is 1. The maximum absolute atomic E-state index is 12.6. The minimum atomic E-state index is 0.318. The summed E-state index contributed by atoms with van der Waals surface area (Å²) in [5.41, 5.74) is 2.36. The highest BCUT2D eigenvalue weighted by Gasteiger charge is 2.57. The number of hydrogen-bond acceptors (Lipinski definition) is 1. The topological polar surface area (TPSA) is 20.3 Å². The van der Waals surface area contributed by atoms with Crippen molar-refractivity contribution in [1.82, 2.24) is 0 Å². The van der Waals surface area contributed by atoms with Gasteiger partial charge in [0.25, 0.3) is 0 Å². The third-order valence-corrected chi connectivity index (χ3v) is 4.94. The fraction of sp³-hybridized carbons (Fsp3) is 0.588. The van der Waals surface area contributed by atoms with Crippen LogP contribution in [-0.2, 0) is 4.79 Å². The quantitative estimate of drug-likeness (QED) is 0.806. The van der Waals surface area contributed by atoms with Gasteiger partial charge < -0.3 is 4.90 Å². The molecule has 0 aromatic heterocycles. The molecule has 19 heavy (non-hydrogen) atoms. The molecule has 1 aromatic rings. The van der Waals surface area contributed by atoms with Crippen LogP contribution in [0.25, 0.3) is 0 Å². The first-order chi connectivity index (χ1) is 9.11. The number of anilines is 1. The number of amides is 1. The molecule has 2 fully saturated rings. The van der Waals surface area contributed by atoms with Crippen molar-refractivity contribution in [3.8, 4) is 0 Å². The van der Waals surface area contributed by atoms with Gasteiger partial charge in [-0.25, -0.2) is 0 Å². The third-order valence-electron chi connectivity index (χ3n) is 4.94. The summed E-state index contributed by atoms with van der Waals surface area (Å²) in [6.07, 6.45) is 3.85.